The standard InChI is InChI=1S/C20H23F4N5O5/c1-9-12(6-15(30)26-10(2)18-13(21)5-11(7-25)8-28(18)32)19(31)27-14-3-4-16(29(33)17(9)14)34-20(22,23)24/h10-11,13-14,16-18H,3-6,8H2,1-2H3/p+2/t10-,11?,13?,14?,16?,17?,18?/m1/s1. The average molecular weight is 491 g/mol. The van der Waals surface area contributed by atoms with Gasteiger partial charge in [-0.05, 0) is 20.3 Å². The number of alkyl halides is 4. The fourth-order valence-electron chi connectivity index (χ4n) is 4.92. The molecule has 7 atom stereocenters. The first-order valence-corrected chi connectivity index (χ1v) is 10.8. The molecule has 186 valence electrons. The van der Waals surface area contributed by atoms with Crippen molar-refractivity contribution < 1.29 is 41.4 Å². The number of hydrogen-bond acceptors (Lipinski definition) is 6. The molecule has 0 aromatic carbocycles. The average Bonchev–Trinajstić information content (AvgIpc) is 2.71. The first-order valence-electron chi connectivity index (χ1n) is 10.8. The third kappa shape index (κ3) is 5.40. The van der Waals surface area contributed by atoms with Gasteiger partial charge in [0.2, 0.25) is 24.4 Å². The molecule has 2 saturated heterocycles. The highest BCUT2D eigenvalue weighted by Gasteiger charge is 2.54. The second-order valence-corrected chi connectivity index (χ2v) is 8.84. The van der Waals surface area contributed by atoms with Crippen molar-refractivity contribution >= 4 is 11.8 Å². The zero-order chi connectivity index (χ0) is 25.4. The summed E-state index contributed by atoms with van der Waals surface area (Å²) in [7, 11) is 0. The number of hydrogen-bond donors (Lipinski definition) is 2. The zero-order valence-corrected chi connectivity index (χ0v) is 18.5. The van der Waals surface area contributed by atoms with E-state index >= 15 is 0 Å². The van der Waals surface area contributed by atoms with E-state index in [0.29, 0.717) is 4.76 Å². The fourth-order valence-corrected chi connectivity index (χ4v) is 4.92. The second kappa shape index (κ2) is 9.73. The highest BCUT2D eigenvalue weighted by Crippen LogP contribution is 2.33. The predicted octanol–water partition coefficient (Wildman–Crippen LogP) is 1.53. The Labute approximate surface area is 191 Å². The normalized spacial score (nSPS) is 33.0. The van der Waals surface area contributed by atoms with E-state index in [-0.39, 0.29) is 41.7 Å². The van der Waals surface area contributed by atoms with E-state index in [1.54, 1.807) is 0 Å². The Balaban J connectivity index is 1.71. The predicted molar refractivity (Wildman–Crippen MR) is 105 cm³/mol. The Morgan fingerprint density at radius 2 is 2.03 bits per heavy atom. The Kier molecular flexibility index (Phi) is 7.35. The summed E-state index contributed by atoms with van der Waals surface area (Å²) >= 11 is 0. The number of ether oxygens (including phenoxy) is 1. The van der Waals surface area contributed by atoms with Crippen LogP contribution in [0.4, 0.5) is 17.6 Å². The number of nitrogens with one attached hydrogen (secondary N) is 2. The molecular formula is C20H25F4N5O5+2. The molecule has 0 spiro atoms. The lowest BCUT2D eigenvalue weighted by molar-refractivity contribution is -0.684. The molecule has 6 unspecified atom stereocenters. The topological polar surface area (TPSA) is 131 Å². The van der Waals surface area contributed by atoms with E-state index in [4.69, 9.17) is 5.26 Å². The Morgan fingerprint density at radius 3 is 2.62 bits per heavy atom. The van der Waals surface area contributed by atoms with Crippen LogP contribution in [0.15, 0.2) is 11.1 Å². The van der Waals surface area contributed by atoms with Crippen LogP contribution >= 0.6 is 0 Å². The smallest absolute Gasteiger partial charge is 0.346 e. The number of rotatable bonds is 5. The third-order valence-corrected chi connectivity index (χ3v) is 6.48. The van der Waals surface area contributed by atoms with Crippen LogP contribution in [-0.2, 0) is 14.3 Å². The highest BCUT2D eigenvalue weighted by molar-refractivity contribution is 6.00. The molecule has 0 aliphatic carbocycles. The quantitative estimate of drug-likeness (QED) is 0.443. The van der Waals surface area contributed by atoms with Gasteiger partial charge in [0.1, 0.15) is 5.92 Å². The Morgan fingerprint density at radius 1 is 1.35 bits per heavy atom. The molecule has 3 aliphatic heterocycles. The molecule has 3 aliphatic rings. The number of nitrogens with zero attached hydrogens (tertiary/aromatic N) is 3. The van der Waals surface area contributed by atoms with Gasteiger partial charge >= 0.3 is 12.6 Å². The Hall–Kier alpha value is -2.95. The number of halogens is 4. The summed E-state index contributed by atoms with van der Waals surface area (Å²) in [6, 6.07) is -2.20. The van der Waals surface area contributed by atoms with Gasteiger partial charge in [-0.2, -0.15) is 5.26 Å². The van der Waals surface area contributed by atoms with Crippen LogP contribution in [0.5, 0.6) is 0 Å². The molecule has 2 N–H and O–H groups in total. The molecular weight excluding hydrogens is 466 g/mol. The minimum Gasteiger partial charge on any atom is -0.346 e. The van der Waals surface area contributed by atoms with Crippen LogP contribution in [0.1, 0.15) is 39.5 Å². The highest BCUT2D eigenvalue weighted by atomic mass is 19.4. The van der Waals surface area contributed by atoms with Crippen molar-refractivity contribution in [2.24, 2.45) is 5.92 Å². The van der Waals surface area contributed by atoms with Crippen molar-refractivity contribution in [2.75, 3.05) is 6.54 Å². The molecule has 0 aromatic heterocycles. The van der Waals surface area contributed by atoms with Crippen LogP contribution in [0, 0.1) is 27.1 Å². The maximum Gasteiger partial charge on any atom is 0.527 e. The number of carbonyl (C=O) groups is 2. The van der Waals surface area contributed by atoms with Crippen molar-refractivity contribution in [1.82, 2.24) is 10.6 Å². The molecule has 0 bridgehead atoms. The summed E-state index contributed by atoms with van der Waals surface area (Å²) in [5.74, 6) is -2.11. The second-order valence-electron chi connectivity index (χ2n) is 8.84. The fraction of sp³-hybridized carbons (Fsp3) is 0.750. The van der Waals surface area contributed by atoms with Gasteiger partial charge in [0.25, 0.3) is 6.04 Å². The van der Waals surface area contributed by atoms with E-state index in [9.17, 15) is 37.0 Å². The number of piperidine rings is 2. The number of carbonyl (C=O) groups excluding carboxylic acids is 2. The van der Waals surface area contributed by atoms with Crippen LogP contribution in [-0.4, -0.2) is 70.8 Å². The summed E-state index contributed by atoms with van der Waals surface area (Å²) < 4.78 is 56.8. The van der Waals surface area contributed by atoms with E-state index in [1.165, 1.54) is 13.8 Å². The number of nitroso groups, excluding NO2 is 2. The minimum absolute atomic E-state index is 0.0757. The van der Waals surface area contributed by atoms with Crippen LogP contribution in [0.25, 0.3) is 0 Å². The largest absolute Gasteiger partial charge is 0.527 e. The van der Waals surface area contributed by atoms with Crippen molar-refractivity contribution in [2.45, 2.75) is 82.5 Å². The minimum atomic E-state index is -5.01. The van der Waals surface area contributed by atoms with Crippen molar-refractivity contribution in [3.05, 3.63) is 21.0 Å². The van der Waals surface area contributed by atoms with Crippen molar-refractivity contribution in [3.63, 3.8) is 0 Å². The van der Waals surface area contributed by atoms with Gasteiger partial charge in [-0.25, -0.2) is 9.13 Å². The van der Waals surface area contributed by atoms with Gasteiger partial charge in [-0.15, -0.1) is 13.2 Å². The molecule has 2 amide bonds. The zero-order valence-electron chi connectivity index (χ0n) is 18.5. The van der Waals surface area contributed by atoms with Crippen LogP contribution in [0.3, 0.4) is 0 Å². The lowest BCUT2D eigenvalue weighted by atomic mass is 9.84. The summed E-state index contributed by atoms with van der Waals surface area (Å²) in [6.07, 6.45) is -9.27. The summed E-state index contributed by atoms with van der Waals surface area (Å²) in [4.78, 5) is 49.9. The number of fused-ring (bicyclic) bond motifs is 1. The maximum absolute atomic E-state index is 14.5. The molecule has 3 heterocycles. The van der Waals surface area contributed by atoms with Crippen LogP contribution in [0.2, 0.25) is 0 Å². The lowest BCUT2D eigenvalue weighted by Crippen LogP contribution is -2.59. The summed E-state index contributed by atoms with van der Waals surface area (Å²) in [5, 5.41) is 13.9. The van der Waals surface area contributed by atoms with Gasteiger partial charge in [0.15, 0.2) is 6.17 Å². The molecule has 0 radical (unpaired) electrons. The van der Waals surface area contributed by atoms with Gasteiger partial charge in [0.05, 0.1) is 24.6 Å². The summed E-state index contributed by atoms with van der Waals surface area (Å²) in [6.45, 7) is 2.62. The third-order valence-electron chi connectivity index (χ3n) is 6.48. The maximum atomic E-state index is 14.5. The van der Waals surface area contributed by atoms with Gasteiger partial charge in [0, 0.05) is 43.3 Å². The first-order chi connectivity index (χ1) is 15.8. The van der Waals surface area contributed by atoms with Crippen LogP contribution < -0.4 is 10.6 Å². The number of nitriles is 1. The molecule has 2 fully saturated rings. The molecule has 0 saturated carbocycles. The van der Waals surface area contributed by atoms with Crippen molar-refractivity contribution in [3.8, 4) is 6.07 Å². The van der Waals surface area contributed by atoms with Gasteiger partial charge in [-0.3, -0.25) is 9.59 Å². The molecule has 10 nitrogen and oxygen atoms in total. The van der Waals surface area contributed by atoms with E-state index < -0.39 is 67.1 Å². The monoisotopic (exact) mass is 491 g/mol. The first kappa shape index (κ1) is 25.7. The molecule has 3 rings (SSSR count). The number of amides is 2. The van der Waals surface area contributed by atoms with E-state index in [1.807, 2.05) is 6.07 Å². The molecule has 0 aromatic rings. The summed E-state index contributed by atoms with van der Waals surface area (Å²) in [5.41, 5.74) is 0.0498. The van der Waals surface area contributed by atoms with Gasteiger partial charge in [-0.1, -0.05) is 0 Å². The van der Waals surface area contributed by atoms with Crippen molar-refractivity contribution in [1.29, 1.82) is 5.26 Å². The van der Waals surface area contributed by atoms with Gasteiger partial charge < -0.3 is 10.6 Å². The Bertz CT molecular complexity index is 962. The SMILES string of the molecule is CC1=C(CC(=O)N[C@H](C)C2C(F)CC(C#N)C[N+]2=O)C(=O)NC2CCC(OC(F)(F)F)[N+](=O)C12. The van der Waals surface area contributed by atoms with E-state index in [0.717, 1.165) is 0 Å². The lowest BCUT2D eigenvalue weighted by Gasteiger charge is -2.34. The molecule has 14 heteroatoms. The van der Waals surface area contributed by atoms with E-state index in [2.05, 4.69) is 15.4 Å². The molecule has 34 heavy (non-hydrogen) atoms.